The van der Waals surface area contributed by atoms with E-state index in [1.807, 2.05) is 32.9 Å². The van der Waals surface area contributed by atoms with E-state index in [-0.39, 0.29) is 5.97 Å². The van der Waals surface area contributed by atoms with Gasteiger partial charge >= 0.3 is 5.97 Å². The first-order valence-corrected chi connectivity index (χ1v) is 7.90. The fraction of sp³-hybridized carbons (Fsp3) is 0.562. The van der Waals surface area contributed by atoms with Crippen LogP contribution < -0.4 is 5.32 Å². The van der Waals surface area contributed by atoms with Gasteiger partial charge in [0.1, 0.15) is 5.60 Å². The van der Waals surface area contributed by atoms with Crippen LogP contribution in [0.1, 0.15) is 42.6 Å². The highest BCUT2D eigenvalue weighted by molar-refractivity contribution is 9.10. The largest absolute Gasteiger partial charge is 0.456 e. The summed E-state index contributed by atoms with van der Waals surface area (Å²) in [5.74, 6) is 0.167. The highest BCUT2D eigenvalue weighted by Crippen LogP contribution is 2.31. The number of hydrogen-bond acceptors (Lipinski definition) is 3. The lowest BCUT2D eigenvalue weighted by Gasteiger charge is -2.36. The van der Waals surface area contributed by atoms with Gasteiger partial charge in [-0.2, -0.15) is 0 Å². The predicted octanol–water partition coefficient (Wildman–Crippen LogP) is 3.69. The molecule has 1 heterocycles. The Morgan fingerprint density at radius 2 is 2.00 bits per heavy atom. The predicted molar refractivity (Wildman–Crippen MR) is 84.0 cm³/mol. The first-order chi connectivity index (χ1) is 9.42. The number of carbonyl (C=O) groups excluding carboxylic acids is 1. The molecule has 1 aliphatic rings. The van der Waals surface area contributed by atoms with Crippen molar-refractivity contribution in [3.63, 3.8) is 0 Å². The number of benzene rings is 1. The number of esters is 1. The molecule has 1 aromatic rings. The number of aryl methyl sites for hydroxylation is 1. The van der Waals surface area contributed by atoms with Crippen molar-refractivity contribution in [1.82, 2.24) is 5.32 Å². The summed E-state index contributed by atoms with van der Waals surface area (Å²) in [6, 6.07) is 5.66. The molecule has 20 heavy (non-hydrogen) atoms. The van der Waals surface area contributed by atoms with E-state index in [4.69, 9.17) is 4.74 Å². The fourth-order valence-corrected chi connectivity index (χ4v) is 3.13. The lowest BCUT2D eigenvalue weighted by atomic mass is 9.83. The molecule has 1 aliphatic heterocycles. The first-order valence-electron chi connectivity index (χ1n) is 7.11. The second kappa shape index (κ2) is 6.27. The lowest BCUT2D eigenvalue weighted by Crippen LogP contribution is -2.42. The Labute approximate surface area is 129 Å². The zero-order chi connectivity index (χ0) is 14.8. The minimum atomic E-state index is -0.428. The molecular weight excluding hydrogens is 318 g/mol. The lowest BCUT2D eigenvalue weighted by molar-refractivity contribution is -0.0369. The van der Waals surface area contributed by atoms with Gasteiger partial charge in [0.15, 0.2) is 0 Å². The zero-order valence-electron chi connectivity index (χ0n) is 12.3. The molecule has 0 radical (unpaired) electrons. The molecule has 0 spiro atoms. The van der Waals surface area contributed by atoms with Gasteiger partial charge in [-0.15, -0.1) is 0 Å². The van der Waals surface area contributed by atoms with Crippen molar-refractivity contribution >= 4 is 21.9 Å². The van der Waals surface area contributed by atoms with Gasteiger partial charge in [0.25, 0.3) is 0 Å². The highest BCUT2D eigenvalue weighted by Gasteiger charge is 2.34. The minimum absolute atomic E-state index is 0.246. The SMILES string of the molecule is Cc1cccc(C(=O)OC(C)(C)C2CCNCC2)c1Br. The third-order valence-electron chi connectivity index (χ3n) is 4.09. The van der Waals surface area contributed by atoms with Crippen molar-refractivity contribution in [2.24, 2.45) is 5.92 Å². The average Bonchev–Trinajstić information content (AvgIpc) is 2.42. The van der Waals surface area contributed by atoms with Gasteiger partial charge in [-0.25, -0.2) is 4.79 Å². The van der Waals surface area contributed by atoms with Crippen LogP contribution >= 0.6 is 15.9 Å². The Bertz CT molecular complexity index is 493. The molecule has 0 aromatic heterocycles. The smallest absolute Gasteiger partial charge is 0.339 e. The summed E-state index contributed by atoms with van der Waals surface area (Å²) in [7, 11) is 0. The normalized spacial score (nSPS) is 17.0. The van der Waals surface area contributed by atoms with Crippen LogP contribution in [0.5, 0.6) is 0 Å². The molecule has 110 valence electrons. The third kappa shape index (κ3) is 3.41. The van der Waals surface area contributed by atoms with Crippen LogP contribution in [0.2, 0.25) is 0 Å². The van der Waals surface area contributed by atoms with Crippen LogP contribution in [0.25, 0.3) is 0 Å². The number of rotatable bonds is 3. The van der Waals surface area contributed by atoms with Crippen LogP contribution in [-0.4, -0.2) is 24.7 Å². The summed E-state index contributed by atoms with van der Waals surface area (Å²) in [6.07, 6.45) is 2.10. The molecule has 0 saturated carbocycles. The quantitative estimate of drug-likeness (QED) is 0.853. The van der Waals surface area contributed by atoms with Gasteiger partial charge in [-0.05, 0) is 74.3 Å². The van der Waals surface area contributed by atoms with Gasteiger partial charge in [0.2, 0.25) is 0 Å². The van der Waals surface area contributed by atoms with Crippen LogP contribution in [0.15, 0.2) is 22.7 Å². The second-order valence-corrected chi connectivity index (χ2v) is 6.75. The Kier molecular flexibility index (Phi) is 4.86. The third-order valence-corrected chi connectivity index (χ3v) is 5.14. The topological polar surface area (TPSA) is 38.3 Å². The van der Waals surface area contributed by atoms with Crippen molar-refractivity contribution in [3.05, 3.63) is 33.8 Å². The summed E-state index contributed by atoms with van der Waals surface area (Å²) < 4.78 is 6.63. The number of piperidine rings is 1. The van der Waals surface area contributed by atoms with Gasteiger partial charge in [0.05, 0.1) is 5.56 Å². The van der Waals surface area contributed by atoms with E-state index in [2.05, 4.69) is 21.2 Å². The molecule has 1 aromatic carbocycles. The maximum atomic E-state index is 12.4. The van der Waals surface area contributed by atoms with E-state index in [0.29, 0.717) is 11.5 Å². The Morgan fingerprint density at radius 1 is 1.35 bits per heavy atom. The molecule has 0 unspecified atom stereocenters. The summed E-state index contributed by atoms with van der Waals surface area (Å²) in [5.41, 5.74) is 1.22. The molecule has 0 bridgehead atoms. The van der Waals surface area contributed by atoms with Crippen molar-refractivity contribution in [2.45, 2.75) is 39.2 Å². The number of carbonyl (C=O) groups is 1. The standard InChI is InChI=1S/C16H22BrNO2/c1-11-5-4-6-13(14(11)17)15(19)20-16(2,3)12-7-9-18-10-8-12/h4-6,12,18H,7-10H2,1-3H3. The summed E-state index contributed by atoms with van der Waals surface area (Å²) in [4.78, 5) is 12.4. The monoisotopic (exact) mass is 339 g/mol. The summed E-state index contributed by atoms with van der Waals surface area (Å²) in [5, 5.41) is 3.34. The molecule has 1 saturated heterocycles. The van der Waals surface area contributed by atoms with E-state index in [9.17, 15) is 4.79 Å². The summed E-state index contributed by atoms with van der Waals surface area (Å²) in [6.45, 7) is 8.01. The molecule has 2 rings (SSSR count). The second-order valence-electron chi connectivity index (χ2n) is 5.95. The minimum Gasteiger partial charge on any atom is -0.456 e. The fourth-order valence-electron chi connectivity index (χ4n) is 2.70. The van der Waals surface area contributed by atoms with E-state index in [0.717, 1.165) is 36.0 Å². The Hall–Kier alpha value is -0.870. The molecule has 4 heteroatoms. The van der Waals surface area contributed by atoms with Crippen molar-refractivity contribution in [3.8, 4) is 0 Å². The van der Waals surface area contributed by atoms with Crippen molar-refractivity contribution < 1.29 is 9.53 Å². The average molecular weight is 340 g/mol. The van der Waals surface area contributed by atoms with Crippen molar-refractivity contribution in [1.29, 1.82) is 0 Å². The van der Waals surface area contributed by atoms with Crippen LogP contribution in [0, 0.1) is 12.8 Å². The molecule has 0 amide bonds. The highest BCUT2D eigenvalue weighted by atomic mass is 79.9. The molecular formula is C16H22BrNO2. The molecule has 0 aliphatic carbocycles. The first kappa shape index (κ1) is 15.5. The van der Waals surface area contributed by atoms with Crippen LogP contribution in [0.3, 0.4) is 0 Å². The Morgan fingerprint density at radius 3 is 2.65 bits per heavy atom. The van der Waals surface area contributed by atoms with Crippen LogP contribution in [0.4, 0.5) is 0 Å². The molecule has 3 nitrogen and oxygen atoms in total. The molecule has 0 atom stereocenters. The van der Waals surface area contributed by atoms with E-state index < -0.39 is 5.60 Å². The van der Waals surface area contributed by atoms with E-state index >= 15 is 0 Å². The number of halogens is 1. The Balaban J connectivity index is 2.11. The van der Waals surface area contributed by atoms with Crippen LogP contribution in [-0.2, 0) is 4.74 Å². The van der Waals surface area contributed by atoms with Gasteiger partial charge in [-0.3, -0.25) is 0 Å². The van der Waals surface area contributed by atoms with E-state index in [1.54, 1.807) is 6.07 Å². The number of hydrogen-bond donors (Lipinski definition) is 1. The molecule has 1 fully saturated rings. The number of nitrogens with one attached hydrogen (secondary N) is 1. The molecule has 1 N–H and O–H groups in total. The van der Waals surface area contributed by atoms with E-state index in [1.165, 1.54) is 0 Å². The maximum absolute atomic E-state index is 12.4. The van der Waals surface area contributed by atoms with Crippen molar-refractivity contribution in [2.75, 3.05) is 13.1 Å². The van der Waals surface area contributed by atoms with Gasteiger partial charge in [0, 0.05) is 10.4 Å². The summed E-state index contributed by atoms with van der Waals surface area (Å²) >= 11 is 3.47. The van der Waals surface area contributed by atoms with Gasteiger partial charge < -0.3 is 10.1 Å². The van der Waals surface area contributed by atoms with Gasteiger partial charge in [-0.1, -0.05) is 12.1 Å². The number of ether oxygens (including phenoxy) is 1. The zero-order valence-corrected chi connectivity index (χ0v) is 13.9. The maximum Gasteiger partial charge on any atom is 0.339 e.